The fourth-order valence-electron chi connectivity index (χ4n) is 2.10. The fourth-order valence-corrected chi connectivity index (χ4v) is 2.10. The van der Waals surface area contributed by atoms with Crippen LogP contribution in [0.3, 0.4) is 0 Å². The Morgan fingerprint density at radius 3 is 2.50 bits per heavy atom. The highest BCUT2D eigenvalue weighted by atomic mass is 14.7. The molecule has 1 rings (SSSR count). The average molecular weight is 269 g/mol. The summed E-state index contributed by atoms with van der Waals surface area (Å²) in [6, 6.07) is 0. The third kappa shape index (κ3) is 5.56. The number of nitrogens with zero attached hydrogens (tertiary/aromatic N) is 1. The smallest absolute Gasteiger partial charge is 0.0659 e. The third-order valence-electron chi connectivity index (χ3n) is 3.07. The van der Waals surface area contributed by atoms with E-state index < -0.39 is 0 Å². The largest absolute Gasteiger partial charge is 0.256 e. The zero-order chi connectivity index (χ0) is 15.0. The third-order valence-corrected chi connectivity index (χ3v) is 3.07. The van der Waals surface area contributed by atoms with E-state index in [0.29, 0.717) is 0 Å². The summed E-state index contributed by atoms with van der Waals surface area (Å²) in [7, 11) is 0. The number of allylic oxidation sites excluding steroid dienone is 8. The molecule has 20 heavy (non-hydrogen) atoms. The summed E-state index contributed by atoms with van der Waals surface area (Å²) in [6.07, 6.45) is 19.2. The lowest BCUT2D eigenvalue weighted by Crippen LogP contribution is -2.03. The minimum Gasteiger partial charge on any atom is -0.256 e. The van der Waals surface area contributed by atoms with Gasteiger partial charge in [-0.25, -0.2) is 0 Å². The molecule has 108 valence electrons. The molecule has 1 heteroatoms. The first kappa shape index (κ1) is 16.4. The minimum absolute atomic E-state index is 0.0650. The molecule has 0 aromatic rings. The van der Waals surface area contributed by atoms with Crippen LogP contribution in [-0.2, 0) is 0 Å². The standard InChI is InChI=1S/C19H27N/c1-6-10-16(3)15-20-18(11-7-2)17-12-8-9-13-19(4,5)14-17/h8-15H,6-7H2,1-5H3/b16-10-,18-11-,20-15-. The van der Waals surface area contributed by atoms with Crippen LogP contribution in [0.25, 0.3) is 0 Å². The summed E-state index contributed by atoms with van der Waals surface area (Å²) >= 11 is 0. The summed E-state index contributed by atoms with van der Waals surface area (Å²) in [5.41, 5.74) is 3.53. The maximum Gasteiger partial charge on any atom is 0.0659 e. The van der Waals surface area contributed by atoms with E-state index in [0.717, 1.165) is 18.5 Å². The SMILES string of the molecule is CC\C=C(C)/C=N\C(=C/CC)C1=CC(C)(C)C=CC=C1. The number of aliphatic imine (C=N–C) groups is 1. The zero-order valence-electron chi connectivity index (χ0n) is 13.5. The van der Waals surface area contributed by atoms with Crippen molar-refractivity contribution < 1.29 is 0 Å². The van der Waals surface area contributed by atoms with Crippen LogP contribution in [0.5, 0.6) is 0 Å². The van der Waals surface area contributed by atoms with Gasteiger partial charge in [-0.3, -0.25) is 4.99 Å². The van der Waals surface area contributed by atoms with E-state index in [9.17, 15) is 0 Å². The Balaban J connectivity index is 3.07. The predicted molar refractivity (Wildman–Crippen MR) is 91.1 cm³/mol. The van der Waals surface area contributed by atoms with Gasteiger partial charge < -0.3 is 0 Å². The van der Waals surface area contributed by atoms with E-state index in [4.69, 9.17) is 0 Å². The second-order valence-corrected chi connectivity index (χ2v) is 5.75. The molecule has 0 spiro atoms. The average Bonchev–Trinajstić information content (AvgIpc) is 2.55. The second-order valence-electron chi connectivity index (χ2n) is 5.75. The van der Waals surface area contributed by atoms with Gasteiger partial charge in [0.25, 0.3) is 0 Å². The lowest BCUT2D eigenvalue weighted by atomic mass is 9.90. The molecule has 0 fully saturated rings. The molecule has 0 saturated carbocycles. The van der Waals surface area contributed by atoms with Crippen molar-refractivity contribution in [3.63, 3.8) is 0 Å². The first-order valence-corrected chi connectivity index (χ1v) is 7.48. The summed E-state index contributed by atoms with van der Waals surface area (Å²) in [6.45, 7) is 10.8. The molecule has 0 N–H and O–H groups in total. The van der Waals surface area contributed by atoms with Crippen molar-refractivity contribution in [1.29, 1.82) is 0 Å². The molecule has 0 heterocycles. The molecule has 1 nitrogen and oxygen atoms in total. The summed E-state index contributed by atoms with van der Waals surface area (Å²) < 4.78 is 0. The molecule has 0 aromatic heterocycles. The van der Waals surface area contributed by atoms with Gasteiger partial charge in [-0.1, -0.05) is 70.2 Å². The van der Waals surface area contributed by atoms with Gasteiger partial charge in [0.05, 0.1) is 5.70 Å². The van der Waals surface area contributed by atoms with E-state index in [1.54, 1.807) is 0 Å². The van der Waals surface area contributed by atoms with Gasteiger partial charge in [-0.15, -0.1) is 0 Å². The molecule has 0 atom stereocenters. The molecule has 0 bridgehead atoms. The van der Waals surface area contributed by atoms with E-state index in [2.05, 4.69) is 82.1 Å². The first-order chi connectivity index (χ1) is 9.48. The lowest BCUT2D eigenvalue weighted by Gasteiger charge is -2.15. The van der Waals surface area contributed by atoms with Crippen molar-refractivity contribution in [2.75, 3.05) is 0 Å². The Labute approximate surface area is 124 Å². The normalized spacial score (nSPS) is 19.4. The molecule has 0 amide bonds. The van der Waals surface area contributed by atoms with Gasteiger partial charge in [0.2, 0.25) is 0 Å². The molecule has 0 aliphatic heterocycles. The topological polar surface area (TPSA) is 12.4 Å². The van der Waals surface area contributed by atoms with Gasteiger partial charge in [-0.05, 0) is 30.9 Å². The number of rotatable bonds is 5. The molecule has 0 aromatic carbocycles. The van der Waals surface area contributed by atoms with Gasteiger partial charge in [-0.2, -0.15) is 0 Å². The Hall–Kier alpha value is -1.63. The van der Waals surface area contributed by atoms with Crippen molar-refractivity contribution in [2.45, 2.75) is 47.5 Å². The highest BCUT2D eigenvalue weighted by molar-refractivity contribution is 5.79. The lowest BCUT2D eigenvalue weighted by molar-refractivity contribution is 0.624. The Morgan fingerprint density at radius 2 is 1.85 bits per heavy atom. The van der Waals surface area contributed by atoms with E-state index in [1.807, 2.05) is 6.21 Å². The molecule has 0 saturated heterocycles. The predicted octanol–water partition coefficient (Wildman–Crippen LogP) is 5.79. The Kier molecular flexibility index (Phi) is 6.44. The van der Waals surface area contributed by atoms with Gasteiger partial charge in [0.1, 0.15) is 0 Å². The summed E-state index contributed by atoms with van der Waals surface area (Å²) in [4.78, 5) is 4.68. The maximum atomic E-state index is 4.68. The van der Waals surface area contributed by atoms with Gasteiger partial charge in [0.15, 0.2) is 0 Å². The van der Waals surface area contributed by atoms with Crippen molar-refractivity contribution in [3.8, 4) is 0 Å². The highest BCUT2D eigenvalue weighted by Crippen LogP contribution is 2.27. The molecular weight excluding hydrogens is 242 g/mol. The first-order valence-electron chi connectivity index (χ1n) is 7.48. The van der Waals surface area contributed by atoms with Crippen LogP contribution < -0.4 is 0 Å². The number of hydrogen-bond acceptors (Lipinski definition) is 1. The van der Waals surface area contributed by atoms with Crippen LogP contribution in [0, 0.1) is 5.41 Å². The van der Waals surface area contributed by atoms with Crippen LogP contribution in [0.15, 0.2) is 64.4 Å². The van der Waals surface area contributed by atoms with Crippen molar-refractivity contribution in [2.24, 2.45) is 10.4 Å². The van der Waals surface area contributed by atoms with Crippen LogP contribution in [0.4, 0.5) is 0 Å². The van der Waals surface area contributed by atoms with Crippen molar-refractivity contribution in [3.05, 3.63) is 59.4 Å². The molecule has 0 unspecified atom stereocenters. The molecule has 1 aliphatic carbocycles. The van der Waals surface area contributed by atoms with Crippen LogP contribution in [-0.4, -0.2) is 6.21 Å². The second kappa shape index (κ2) is 7.84. The Bertz CT molecular complexity index is 494. The van der Waals surface area contributed by atoms with Crippen LogP contribution in [0.1, 0.15) is 47.5 Å². The fraction of sp³-hybridized carbons (Fsp3) is 0.421. The molecule has 0 radical (unpaired) electrons. The van der Waals surface area contributed by atoms with E-state index in [-0.39, 0.29) is 5.41 Å². The van der Waals surface area contributed by atoms with Crippen molar-refractivity contribution >= 4 is 6.21 Å². The van der Waals surface area contributed by atoms with Gasteiger partial charge >= 0.3 is 0 Å². The van der Waals surface area contributed by atoms with Gasteiger partial charge in [0, 0.05) is 11.6 Å². The van der Waals surface area contributed by atoms with E-state index >= 15 is 0 Å². The van der Waals surface area contributed by atoms with Crippen LogP contribution in [0.2, 0.25) is 0 Å². The van der Waals surface area contributed by atoms with E-state index in [1.165, 1.54) is 11.1 Å². The molecule has 1 aliphatic rings. The zero-order valence-corrected chi connectivity index (χ0v) is 13.5. The maximum absolute atomic E-state index is 4.68. The summed E-state index contributed by atoms with van der Waals surface area (Å²) in [5.74, 6) is 0. The van der Waals surface area contributed by atoms with Crippen LogP contribution >= 0.6 is 0 Å². The van der Waals surface area contributed by atoms with Crippen molar-refractivity contribution in [1.82, 2.24) is 0 Å². The highest BCUT2D eigenvalue weighted by Gasteiger charge is 2.14. The molecular formula is C19H27N. The monoisotopic (exact) mass is 269 g/mol. The number of hydrogen-bond donors (Lipinski definition) is 0. The minimum atomic E-state index is 0.0650. The quantitative estimate of drug-likeness (QED) is 0.560. The summed E-state index contributed by atoms with van der Waals surface area (Å²) in [5, 5.41) is 0. The Morgan fingerprint density at radius 1 is 1.15 bits per heavy atom.